The van der Waals surface area contributed by atoms with Crippen LogP contribution in [0.15, 0.2) is 0 Å². The molecule has 0 radical (unpaired) electrons. The molecular formula is C10H23N3O. The molecule has 0 aliphatic carbocycles. The SMILES string of the molecule is CCN1CCOC(C(NN)C(C)C)C1. The molecule has 1 aliphatic rings. The summed E-state index contributed by atoms with van der Waals surface area (Å²) in [4.78, 5) is 2.40. The molecule has 0 spiro atoms. The van der Waals surface area contributed by atoms with Crippen molar-refractivity contribution in [1.29, 1.82) is 0 Å². The minimum atomic E-state index is 0.230. The van der Waals surface area contributed by atoms with E-state index >= 15 is 0 Å². The van der Waals surface area contributed by atoms with Gasteiger partial charge in [0.05, 0.1) is 18.8 Å². The van der Waals surface area contributed by atoms with Gasteiger partial charge in [-0.1, -0.05) is 20.8 Å². The van der Waals surface area contributed by atoms with Crippen LogP contribution in [0.2, 0.25) is 0 Å². The van der Waals surface area contributed by atoms with Crippen molar-refractivity contribution in [2.24, 2.45) is 11.8 Å². The van der Waals surface area contributed by atoms with Gasteiger partial charge in [-0.2, -0.15) is 0 Å². The Hall–Kier alpha value is -0.160. The zero-order valence-corrected chi connectivity index (χ0v) is 9.49. The summed E-state index contributed by atoms with van der Waals surface area (Å²) < 4.78 is 5.74. The fourth-order valence-electron chi connectivity index (χ4n) is 1.97. The van der Waals surface area contributed by atoms with Gasteiger partial charge in [-0.3, -0.25) is 16.2 Å². The van der Waals surface area contributed by atoms with Gasteiger partial charge in [0.25, 0.3) is 0 Å². The molecule has 0 aromatic carbocycles. The topological polar surface area (TPSA) is 50.5 Å². The Labute approximate surface area is 86.8 Å². The van der Waals surface area contributed by atoms with Gasteiger partial charge in [-0.05, 0) is 12.5 Å². The van der Waals surface area contributed by atoms with Gasteiger partial charge in [0, 0.05) is 13.1 Å². The van der Waals surface area contributed by atoms with Gasteiger partial charge in [0.15, 0.2) is 0 Å². The lowest BCUT2D eigenvalue weighted by molar-refractivity contribution is -0.0525. The zero-order valence-electron chi connectivity index (χ0n) is 9.49. The summed E-state index contributed by atoms with van der Waals surface area (Å²) in [7, 11) is 0. The third-order valence-electron chi connectivity index (χ3n) is 2.94. The Morgan fingerprint density at radius 3 is 2.79 bits per heavy atom. The van der Waals surface area contributed by atoms with E-state index in [2.05, 4.69) is 31.1 Å². The average molecular weight is 201 g/mol. The molecule has 1 rings (SSSR count). The molecule has 1 saturated heterocycles. The maximum atomic E-state index is 5.74. The Morgan fingerprint density at radius 1 is 1.57 bits per heavy atom. The molecule has 0 saturated carbocycles. The number of rotatable bonds is 4. The van der Waals surface area contributed by atoms with Crippen molar-refractivity contribution in [2.75, 3.05) is 26.2 Å². The maximum absolute atomic E-state index is 5.74. The number of likely N-dealkylation sites (N-methyl/N-ethyl adjacent to an activating group) is 1. The highest BCUT2D eigenvalue weighted by molar-refractivity contribution is 4.83. The number of morpholine rings is 1. The van der Waals surface area contributed by atoms with E-state index in [9.17, 15) is 0 Å². The van der Waals surface area contributed by atoms with Crippen LogP contribution in [0.4, 0.5) is 0 Å². The number of hydrogen-bond donors (Lipinski definition) is 2. The number of hydrazine groups is 1. The molecule has 0 aromatic rings. The summed E-state index contributed by atoms with van der Waals surface area (Å²) in [6.07, 6.45) is 0.230. The van der Waals surface area contributed by atoms with E-state index in [1.165, 1.54) is 0 Å². The third kappa shape index (κ3) is 2.92. The monoisotopic (exact) mass is 201 g/mol. The lowest BCUT2D eigenvalue weighted by Gasteiger charge is -2.37. The molecule has 0 aromatic heterocycles. The maximum Gasteiger partial charge on any atom is 0.0871 e. The number of nitrogens with two attached hydrogens (primary N) is 1. The first kappa shape index (κ1) is 11.9. The van der Waals surface area contributed by atoms with Crippen LogP contribution in [0.5, 0.6) is 0 Å². The van der Waals surface area contributed by atoms with Crippen LogP contribution in [-0.2, 0) is 4.74 Å². The summed E-state index contributed by atoms with van der Waals surface area (Å²) in [6, 6.07) is 0.254. The van der Waals surface area contributed by atoms with Crippen LogP contribution in [0.25, 0.3) is 0 Å². The third-order valence-corrected chi connectivity index (χ3v) is 2.94. The van der Waals surface area contributed by atoms with Gasteiger partial charge >= 0.3 is 0 Å². The van der Waals surface area contributed by atoms with E-state index in [-0.39, 0.29) is 12.1 Å². The van der Waals surface area contributed by atoms with Gasteiger partial charge in [0.2, 0.25) is 0 Å². The van der Waals surface area contributed by atoms with Crippen LogP contribution in [-0.4, -0.2) is 43.3 Å². The summed E-state index contributed by atoms with van der Waals surface area (Å²) in [5, 5.41) is 0. The van der Waals surface area contributed by atoms with Gasteiger partial charge in [-0.15, -0.1) is 0 Å². The van der Waals surface area contributed by atoms with Crippen molar-refractivity contribution in [3.05, 3.63) is 0 Å². The molecule has 1 aliphatic heterocycles. The van der Waals surface area contributed by atoms with Gasteiger partial charge in [-0.25, -0.2) is 0 Å². The number of nitrogens with zero attached hydrogens (tertiary/aromatic N) is 1. The molecule has 0 bridgehead atoms. The van der Waals surface area contributed by atoms with E-state index in [1.54, 1.807) is 0 Å². The number of nitrogens with one attached hydrogen (secondary N) is 1. The number of hydrogen-bond acceptors (Lipinski definition) is 4. The Bertz CT molecular complexity index is 163. The average Bonchev–Trinajstić information content (AvgIpc) is 2.19. The molecule has 2 atom stereocenters. The van der Waals surface area contributed by atoms with Crippen molar-refractivity contribution in [2.45, 2.75) is 32.9 Å². The van der Waals surface area contributed by atoms with Gasteiger partial charge in [0.1, 0.15) is 0 Å². The predicted molar refractivity (Wildman–Crippen MR) is 57.8 cm³/mol. The molecule has 4 nitrogen and oxygen atoms in total. The van der Waals surface area contributed by atoms with Crippen molar-refractivity contribution in [1.82, 2.24) is 10.3 Å². The minimum absolute atomic E-state index is 0.230. The highest BCUT2D eigenvalue weighted by atomic mass is 16.5. The van der Waals surface area contributed by atoms with Crippen molar-refractivity contribution in [3.8, 4) is 0 Å². The number of ether oxygens (including phenoxy) is 1. The molecule has 14 heavy (non-hydrogen) atoms. The first-order valence-corrected chi connectivity index (χ1v) is 5.49. The summed E-state index contributed by atoms with van der Waals surface area (Å²) in [6.45, 7) is 10.5. The van der Waals surface area contributed by atoms with Crippen molar-refractivity contribution >= 4 is 0 Å². The van der Waals surface area contributed by atoms with E-state index < -0.39 is 0 Å². The van der Waals surface area contributed by atoms with Crippen LogP contribution >= 0.6 is 0 Å². The molecule has 1 fully saturated rings. The second-order valence-electron chi connectivity index (χ2n) is 4.24. The fourth-order valence-corrected chi connectivity index (χ4v) is 1.97. The highest BCUT2D eigenvalue weighted by Gasteiger charge is 2.28. The van der Waals surface area contributed by atoms with Gasteiger partial charge < -0.3 is 4.74 Å². The van der Waals surface area contributed by atoms with Crippen LogP contribution < -0.4 is 11.3 Å². The van der Waals surface area contributed by atoms with E-state index in [0.717, 1.165) is 26.2 Å². The Balaban J connectivity index is 2.48. The van der Waals surface area contributed by atoms with E-state index in [1.807, 2.05) is 0 Å². The Kier molecular flexibility index (Phi) is 4.81. The standard InChI is InChI=1S/C10H23N3O/c1-4-13-5-6-14-9(7-13)10(12-11)8(2)3/h8-10,12H,4-7,11H2,1-3H3. The second kappa shape index (κ2) is 5.66. The van der Waals surface area contributed by atoms with Crippen LogP contribution in [0, 0.1) is 5.92 Å². The minimum Gasteiger partial charge on any atom is -0.374 e. The normalized spacial score (nSPS) is 26.8. The van der Waals surface area contributed by atoms with Crippen molar-refractivity contribution < 1.29 is 4.74 Å². The lowest BCUT2D eigenvalue weighted by atomic mass is 9.98. The summed E-state index contributed by atoms with van der Waals surface area (Å²) in [5.74, 6) is 6.04. The molecule has 3 N–H and O–H groups in total. The molecule has 0 amide bonds. The molecule has 2 unspecified atom stereocenters. The molecule has 84 valence electrons. The molecular weight excluding hydrogens is 178 g/mol. The largest absolute Gasteiger partial charge is 0.374 e. The van der Waals surface area contributed by atoms with Crippen LogP contribution in [0.1, 0.15) is 20.8 Å². The molecule has 1 heterocycles. The molecule has 4 heteroatoms. The second-order valence-corrected chi connectivity index (χ2v) is 4.24. The van der Waals surface area contributed by atoms with Crippen LogP contribution in [0.3, 0.4) is 0 Å². The Morgan fingerprint density at radius 2 is 2.29 bits per heavy atom. The quantitative estimate of drug-likeness (QED) is 0.504. The fraction of sp³-hybridized carbons (Fsp3) is 1.00. The predicted octanol–water partition coefficient (Wildman–Crippen LogP) is 0.195. The van der Waals surface area contributed by atoms with E-state index in [0.29, 0.717) is 5.92 Å². The first-order chi connectivity index (χ1) is 6.69. The highest BCUT2D eigenvalue weighted by Crippen LogP contribution is 2.14. The van der Waals surface area contributed by atoms with Crippen molar-refractivity contribution in [3.63, 3.8) is 0 Å². The zero-order chi connectivity index (χ0) is 10.6. The smallest absolute Gasteiger partial charge is 0.0871 e. The first-order valence-electron chi connectivity index (χ1n) is 5.49. The summed E-state index contributed by atoms with van der Waals surface area (Å²) in [5.41, 5.74) is 2.86. The lowest BCUT2D eigenvalue weighted by Crippen LogP contribution is -2.55. The summed E-state index contributed by atoms with van der Waals surface area (Å²) >= 11 is 0. The van der Waals surface area contributed by atoms with E-state index in [4.69, 9.17) is 10.6 Å².